The number of hydrogen-bond donors (Lipinski definition) is 1. The maximum atomic E-state index is 12.4. The molecule has 0 radical (unpaired) electrons. The number of aliphatic hydroxyl groups excluding tert-OH is 1. The molecule has 3 saturated heterocycles. The normalized spacial score (nSPS) is 33.4. The van der Waals surface area contributed by atoms with Crippen molar-refractivity contribution >= 4 is 5.91 Å². The monoisotopic (exact) mass is 329 g/mol. The molecule has 1 amide bonds. The Kier molecular flexibility index (Phi) is 4.55. The Balaban J connectivity index is 1.46. The fourth-order valence-corrected chi connectivity index (χ4v) is 5.12. The van der Waals surface area contributed by atoms with E-state index in [-0.39, 0.29) is 18.6 Å². The topological polar surface area (TPSA) is 56.7 Å². The molecule has 3 fully saturated rings. The Morgan fingerprint density at radius 1 is 1.29 bits per heavy atom. The van der Waals surface area contributed by atoms with Crippen LogP contribution in [0.3, 0.4) is 0 Å². The number of hydrogen-bond acceptors (Lipinski definition) is 4. The number of rotatable bonds is 4. The first-order chi connectivity index (χ1) is 11.8. The zero-order chi connectivity index (χ0) is 16.5. The summed E-state index contributed by atoms with van der Waals surface area (Å²) < 4.78 is 0. The molecule has 0 spiro atoms. The largest absolute Gasteiger partial charge is 0.394 e. The number of amides is 1. The summed E-state index contributed by atoms with van der Waals surface area (Å²) in [5.74, 6) is 1.26. The highest BCUT2D eigenvalue weighted by Gasteiger charge is 2.48. The molecule has 4 rings (SSSR count). The van der Waals surface area contributed by atoms with E-state index in [2.05, 4.69) is 20.9 Å². The lowest BCUT2D eigenvalue weighted by Gasteiger charge is -2.56. The van der Waals surface area contributed by atoms with Crippen molar-refractivity contribution in [2.45, 2.75) is 44.2 Å². The molecule has 5 nitrogen and oxygen atoms in total. The van der Waals surface area contributed by atoms with Crippen molar-refractivity contribution in [3.63, 3.8) is 0 Å². The molecule has 0 aliphatic carbocycles. The van der Waals surface area contributed by atoms with Gasteiger partial charge in [0.2, 0.25) is 5.91 Å². The second-order valence-electron chi connectivity index (χ2n) is 7.64. The molecule has 1 aromatic rings. The first-order valence-electron chi connectivity index (χ1n) is 9.29. The van der Waals surface area contributed by atoms with Crippen LogP contribution in [0.5, 0.6) is 0 Å². The second kappa shape index (κ2) is 6.81. The predicted octanol–water partition coefficient (Wildman–Crippen LogP) is 1.32. The molecule has 1 aromatic heterocycles. The fraction of sp³-hybridized carbons (Fsp3) is 0.684. The summed E-state index contributed by atoms with van der Waals surface area (Å²) in [5, 5.41) is 9.93. The molecule has 130 valence electrons. The molecule has 1 N–H and O–H groups in total. The molecule has 3 aliphatic heterocycles. The number of carbonyl (C=O) groups is 1. The predicted molar refractivity (Wildman–Crippen MR) is 91.3 cm³/mol. The third-order valence-electron chi connectivity index (χ3n) is 6.20. The van der Waals surface area contributed by atoms with Gasteiger partial charge in [0.05, 0.1) is 12.6 Å². The molecule has 24 heavy (non-hydrogen) atoms. The summed E-state index contributed by atoms with van der Waals surface area (Å²) in [5.41, 5.74) is 1.28. The second-order valence-corrected chi connectivity index (χ2v) is 7.64. The van der Waals surface area contributed by atoms with Gasteiger partial charge in [0.25, 0.3) is 0 Å². The fourth-order valence-electron chi connectivity index (χ4n) is 5.12. The molecular weight excluding hydrogens is 302 g/mol. The van der Waals surface area contributed by atoms with Gasteiger partial charge in [0.1, 0.15) is 0 Å². The maximum Gasteiger partial charge on any atom is 0.223 e. The number of nitrogens with zero attached hydrogens (tertiary/aromatic N) is 3. The number of carbonyl (C=O) groups excluding carboxylic acids is 1. The zero-order valence-electron chi connectivity index (χ0n) is 14.2. The molecule has 0 aromatic carbocycles. The van der Waals surface area contributed by atoms with E-state index in [0.717, 1.165) is 38.9 Å². The summed E-state index contributed by atoms with van der Waals surface area (Å²) in [6, 6.07) is 4.50. The average Bonchev–Trinajstić information content (AvgIpc) is 2.62. The van der Waals surface area contributed by atoms with E-state index in [1.807, 2.05) is 18.5 Å². The van der Waals surface area contributed by atoms with E-state index in [9.17, 15) is 9.90 Å². The number of likely N-dealkylation sites (tertiary alicyclic amines) is 1. The van der Waals surface area contributed by atoms with Gasteiger partial charge in [-0.1, -0.05) is 6.07 Å². The van der Waals surface area contributed by atoms with Crippen molar-refractivity contribution < 1.29 is 9.90 Å². The Labute approximate surface area is 143 Å². The Morgan fingerprint density at radius 2 is 2.17 bits per heavy atom. The molecule has 5 heteroatoms. The van der Waals surface area contributed by atoms with Crippen LogP contribution in [-0.2, 0) is 11.2 Å². The Bertz CT molecular complexity index is 565. The van der Waals surface area contributed by atoms with Gasteiger partial charge in [-0.05, 0) is 49.1 Å². The van der Waals surface area contributed by atoms with Crippen LogP contribution in [0.1, 0.15) is 31.2 Å². The van der Waals surface area contributed by atoms with Crippen molar-refractivity contribution in [2.24, 2.45) is 11.8 Å². The molecule has 3 aliphatic rings. The van der Waals surface area contributed by atoms with Gasteiger partial charge in [-0.25, -0.2) is 0 Å². The van der Waals surface area contributed by atoms with Crippen molar-refractivity contribution in [3.8, 4) is 0 Å². The SMILES string of the molecule is O=C1CCC[C@H]2[C@@H]3C[C@@H](CN(CCc4cccnc4)C3)[C@H](CO)N12. The van der Waals surface area contributed by atoms with Gasteiger partial charge in [0.15, 0.2) is 0 Å². The van der Waals surface area contributed by atoms with E-state index in [1.54, 1.807) is 0 Å². The minimum atomic E-state index is 0.0280. The van der Waals surface area contributed by atoms with Crippen LogP contribution in [0.25, 0.3) is 0 Å². The molecular formula is C19H27N3O2. The van der Waals surface area contributed by atoms with Crippen LogP contribution in [-0.4, -0.2) is 64.1 Å². The highest BCUT2D eigenvalue weighted by Crippen LogP contribution is 2.41. The van der Waals surface area contributed by atoms with E-state index >= 15 is 0 Å². The molecule has 4 atom stereocenters. The lowest BCUT2D eigenvalue weighted by Crippen LogP contribution is -2.66. The van der Waals surface area contributed by atoms with Gasteiger partial charge < -0.3 is 14.9 Å². The number of piperidine rings is 3. The van der Waals surface area contributed by atoms with Crippen LogP contribution >= 0.6 is 0 Å². The first-order valence-corrected chi connectivity index (χ1v) is 9.29. The third kappa shape index (κ3) is 2.95. The van der Waals surface area contributed by atoms with Crippen LogP contribution in [0.2, 0.25) is 0 Å². The van der Waals surface area contributed by atoms with Crippen LogP contribution in [0.4, 0.5) is 0 Å². The lowest BCUT2D eigenvalue weighted by molar-refractivity contribution is -0.155. The minimum Gasteiger partial charge on any atom is -0.394 e. The van der Waals surface area contributed by atoms with Gasteiger partial charge in [-0.2, -0.15) is 0 Å². The van der Waals surface area contributed by atoms with Crippen molar-refractivity contribution in [1.29, 1.82) is 0 Å². The van der Waals surface area contributed by atoms with Crippen molar-refractivity contribution in [3.05, 3.63) is 30.1 Å². The summed E-state index contributed by atoms with van der Waals surface area (Å²) in [7, 11) is 0. The van der Waals surface area contributed by atoms with Crippen LogP contribution in [0, 0.1) is 11.8 Å². The Hall–Kier alpha value is -1.46. The standard InChI is InChI=1S/C19H27N3O2/c23-13-18-16-9-15(17-4-1-5-19(24)22(17)18)11-21(12-16)8-6-14-3-2-7-20-10-14/h2-3,7,10,15-18,23H,1,4-6,8-9,11-13H2/t15-,16+,17+,18+/m1/s1. The van der Waals surface area contributed by atoms with Crippen molar-refractivity contribution in [2.75, 3.05) is 26.2 Å². The minimum absolute atomic E-state index is 0.0280. The van der Waals surface area contributed by atoms with Gasteiger partial charge in [0, 0.05) is 44.5 Å². The van der Waals surface area contributed by atoms with Crippen LogP contribution in [0.15, 0.2) is 24.5 Å². The van der Waals surface area contributed by atoms with E-state index in [1.165, 1.54) is 12.0 Å². The summed E-state index contributed by atoms with van der Waals surface area (Å²) in [6.45, 7) is 3.23. The quantitative estimate of drug-likeness (QED) is 0.905. The summed E-state index contributed by atoms with van der Waals surface area (Å²) >= 11 is 0. The first kappa shape index (κ1) is 16.0. The van der Waals surface area contributed by atoms with Gasteiger partial charge in [-0.15, -0.1) is 0 Å². The molecule has 0 unspecified atom stereocenters. The van der Waals surface area contributed by atoms with Gasteiger partial charge >= 0.3 is 0 Å². The van der Waals surface area contributed by atoms with E-state index in [0.29, 0.717) is 24.3 Å². The summed E-state index contributed by atoms with van der Waals surface area (Å²) in [6.07, 6.45) is 8.73. The maximum absolute atomic E-state index is 12.4. The smallest absolute Gasteiger partial charge is 0.223 e. The Morgan fingerprint density at radius 3 is 2.96 bits per heavy atom. The number of pyridine rings is 1. The van der Waals surface area contributed by atoms with Crippen molar-refractivity contribution in [1.82, 2.24) is 14.8 Å². The van der Waals surface area contributed by atoms with E-state index in [4.69, 9.17) is 0 Å². The van der Waals surface area contributed by atoms with E-state index < -0.39 is 0 Å². The zero-order valence-corrected chi connectivity index (χ0v) is 14.2. The van der Waals surface area contributed by atoms with Gasteiger partial charge in [-0.3, -0.25) is 9.78 Å². The third-order valence-corrected chi connectivity index (χ3v) is 6.20. The highest BCUT2D eigenvalue weighted by atomic mass is 16.3. The number of fused-ring (bicyclic) bond motifs is 4. The molecule has 2 bridgehead atoms. The summed E-state index contributed by atoms with van der Waals surface area (Å²) in [4.78, 5) is 21.2. The molecule has 4 heterocycles. The average molecular weight is 329 g/mol. The molecule has 0 saturated carbocycles. The van der Waals surface area contributed by atoms with Crippen LogP contribution < -0.4 is 0 Å². The number of aliphatic hydroxyl groups is 1. The lowest BCUT2D eigenvalue weighted by atomic mass is 9.72. The number of aromatic nitrogens is 1. The highest BCUT2D eigenvalue weighted by molar-refractivity contribution is 5.78.